The molecular weight excluding hydrogens is 357 g/mol. The molecule has 3 atom stereocenters. The van der Waals surface area contributed by atoms with Crippen LogP contribution in [0.25, 0.3) is 0 Å². The fourth-order valence-corrected chi connectivity index (χ4v) is 2.80. The summed E-state index contributed by atoms with van der Waals surface area (Å²) in [7, 11) is 1.40. The smallest absolute Gasteiger partial charge is 0.318 e. The lowest BCUT2D eigenvalue weighted by molar-refractivity contribution is -0.124. The first kappa shape index (κ1) is 20.4. The molecule has 0 aliphatic carbocycles. The Morgan fingerprint density at radius 3 is 2.56 bits per heavy atom. The summed E-state index contributed by atoms with van der Waals surface area (Å²) in [5.74, 6) is -1.53. The molecule has 4 amide bonds. The predicted molar refractivity (Wildman–Crippen MR) is 95.9 cm³/mol. The molecule has 0 spiro atoms. The maximum Gasteiger partial charge on any atom is 0.318 e. The summed E-state index contributed by atoms with van der Waals surface area (Å²) in [6.45, 7) is 1.98. The number of benzene rings is 1. The summed E-state index contributed by atoms with van der Waals surface area (Å²) in [4.78, 5) is 37.8. The van der Waals surface area contributed by atoms with Gasteiger partial charge in [0, 0.05) is 13.7 Å². The van der Waals surface area contributed by atoms with Crippen LogP contribution in [0, 0.1) is 5.82 Å². The molecule has 5 N–H and O–H groups in total. The Bertz CT molecular complexity index is 684. The number of carbonyl (C=O) groups is 3. The van der Waals surface area contributed by atoms with Crippen molar-refractivity contribution < 1.29 is 23.5 Å². The van der Waals surface area contributed by atoms with E-state index in [1.165, 1.54) is 36.3 Å². The molecule has 1 aliphatic rings. The number of anilines is 1. The van der Waals surface area contributed by atoms with Crippen LogP contribution in [0.3, 0.4) is 0 Å². The van der Waals surface area contributed by atoms with E-state index in [9.17, 15) is 18.8 Å². The molecule has 1 fully saturated rings. The number of rotatable bonds is 7. The molecule has 0 radical (unpaired) electrons. The summed E-state index contributed by atoms with van der Waals surface area (Å²) in [6.07, 6.45) is 0.510. The first-order chi connectivity index (χ1) is 12.8. The molecule has 1 aliphatic heterocycles. The number of hydrazine groups is 1. The van der Waals surface area contributed by atoms with E-state index < -0.39 is 36.0 Å². The fraction of sp³-hybridized carbons (Fsp3) is 0.471. The number of methoxy groups -OCH3 is 1. The number of likely N-dealkylation sites (tertiary alicyclic amines) is 1. The average Bonchev–Trinajstić information content (AvgIpc) is 3.14. The molecule has 0 saturated carbocycles. The summed E-state index contributed by atoms with van der Waals surface area (Å²) < 4.78 is 18.0. The number of ether oxygens (including phenoxy) is 1. The van der Waals surface area contributed by atoms with E-state index in [4.69, 9.17) is 10.5 Å². The number of nitrogens with two attached hydrogens (primary N) is 1. The third-order valence-corrected chi connectivity index (χ3v) is 4.42. The number of nitrogens with one attached hydrogen (secondary N) is 3. The summed E-state index contributed by atoms with van der Waals surface area (Å²) in [6, 6.07) is 3.17. The zero-order chi connectivity index (χ0) is 20.0. The zero-order valence-electron chi connectivity index (χ0n) is 15.2. The third-order valence-electron chi connectivity index (χ3n) is 4.42. The van der Waals surface area contributed by atoms with Gasteiger partial charge in [0.2, 0.25) is 5.91 Å². The maximum atomic E-state index is 12.9. The van der Waals surface area contributed by atoms with Gasteiger partial charge in [0.05, 0.1) is 11.8 Å². The maximum absolute atomic E-state index is 12.9. The second-order valence-corrected chi connectivity index (χ2v) is 6.24. The minimum Gasteiger partial charge on any atom is -0.379 e. The largest absolute Gasteiger partial charge is 0.379 e. The van der Waals surface area contributed by atoms with Crippen molar-refractivity contribution in [1.82, 2.24) is 15.6 Å². The van der Waals surface area contributed by atoms with Gasteiger partial charge in [0.25, 0.3) is 5.91 Å². The average molecular weight is 381 g/mol. The van der Waals surface area contributed by atoms with Gasteiger partial charge in [-0.25, -0.2) is 9.18 Å². The Labute approximate surface area is 156 Å². The molecule has 10 heteroatoms. The number of halogens is 1. The lowest BCUT2D eigenvalue weighted by atomic mass is 10.1. The van der Waals surface area contributed by atoms with Crippen LogP contribution >= 0.6 is 0 Å². The number of hydrogen-bond donors (Lipinski definition) is 4. The lowest BCUT2D eigenvalue weighted by Gasteiger charge is -2.28. The van der Waals surface area contributed by atoms with Gasteiger partial charge >= 0.3 is 6.03 Å². The van der Waals surface area contributed by atoms with Gasteiger partial charge in [-0.3, -0.25) is 20.4 Å². The van der Waals surface area contributed by atoms with Crippen LogP contribution in [-0.4, -0.2) is 54.6 Å². The van der Waals surface area contributed by atoms with Gasteiger partial charge in [0.15, 0.2) is 0 Å². The molecule has 0 bridgehead atoms. The predicted octanol–water partition coefficient (Wildman–Crippen LogP) is 0.332. The molecule has 0 aromatic heterocycles. The number of carbonyl (C=O) groups excluding carboxylic acids is 3. The van der Waals surface area contributed by atoms with Gasteiger partial charge < -0.3 is 20.7 Å². The van der Waals surface area contributed by atoms with Crippen molar-refractivity contribution in [2.75, 3.05) is 19.1 Å². The van der Waals surface area contributed by atoms with Crippen LogP contribution in [-0.2, 0) is 14.3 Å². The summed E-state index contributed by atoms with van der Waals surface area (Å²) in [5, 5.41) is 2.52. The lowest BCUT2D eigenvalue weighted by Crippen LogP contribution is -2.57. The SMILES string of the molecule is COC(C)C(NC(=O)N1CCCC1C(=O)NNc1ccc(F)cc1)C(N)=O. The van der Waals surface area contributed by atoms with Gasteiger partial charge in [0.1, 0.15) is 17.9 Å². The van der Waals surface area contributed by atoms with E-state index in [0.29, 0.717) is 25.1 Å². The highest BCUT2D eigenvalue weighted by Gasteiger charge is 2.36. The Balaban J connectivity index is 1.96. The van der Waals surface area contributed by atoms with Crippen molar-refractivity contribution in [3.63, 3.8) is 0 Å². The number of amides is 4. The standard InChI is InChI=1S/C17H24FN5O4/c1-10(27-2)14(15(19)24)20-17(26)23-9-3-4-13(23)16(25)22-21-12-7-5-11(18)6-8-12/h5-8,10,13-14,21H,3-4,9H2,1-2H3,(H2,19,24)(H,20,26)(H,22,25). The molecular formula is C17H24FN5O4. The van der Waals surface area contributed by atoms with Crippen molar-refractivity contribution >= 4 is 23.5 Å². The van der Waals surface area contributed by atoms with E-state index >= 15 is 0 Å². The van der Waals surface area contributed by atoms with Gasteiger partial charge in [-0.05, 0) is 44.0 Å². The van der Waals surface area contributed by atoms with Crippen LogP contribution in [0.4, 0.5) is 14.9 Å². The van der Waals surface area contributed by atoms with E-state index in [2.05, 4.69) is 16.2 Å². The molecule has 148 valence electrons. The Hall–Kier alpha value is -2.88. The van der Waals surface area contributed by atoms with Crippen LogP contribution in [0.5, 0.6) is 0 Å². The van der Waals surface area contributed by atoms with Gasteiger partial charge in [-0.1, -0.05) is 0 Å². The minimum atomic E-state index is -1.01. The molecule has 1 heterocycles. The van der Waals surface area contributed by atoms with E-state index in [1.807, 2.05) is 0 Å². The van der Waals surface area contributed by atoms with Gasteiger partial charge in [-0.15, -0.1) is 0 Å². The zero-order valence-corrected chi connectivity index (χ0v) is 15.2. The molecule has 1 saturated heterocycles. The number of primary amides is 1. The molecule has 1 aromatic rings. The van der Waals surface area contributed by atoms with E-state index in [1.54, 1.807) is 6.92 Å². The minimum absolute atomic E-state index is 0.368. The quantitative estimate of drug-likeness (QED) is 0.507. The summed E-state index contributed by atoms with van der Waals surface area (Å²) >= 11 is 0. The van der Waals surface area contributed by atoms with Crippen LogP contribution in [0.1, 0.15) is 19.8 Å². The van der Waals surface area contributed by atoms with Crippen LogP contribution < -0.4 is 21.9 Å². The Morgan fingerprint density at radius 1 is 1.30 bits per heavy atom. The monoisotopic (exact) mass is 381 g/mol. The first-order valence-corrected chi connectivity index (χ1v) is 8.54. The van der Waals surface area contributed by atoms with Crippen molar-refractivity contribution in [3.05, 3.63) is 30.1 Å². The normalized spacial score (nSPS) is 18.5. The van der Waals surface area contributed by atoms with Crippen LogP contribution in [0.2, 0.25) is 0 Å². The topological polar surface area (TPSA) is 126 Å². The Kier molecular flexibility index (Phi) is 6.94. The highest BCUT2D eigenvalue weighted by molar-refractivity contribution is 5.91. The molecule has 27 heavy (non-hydrogen) atoms. The number of nitrogens with zero attached hydrogens (tertiary/aromatic N) is 1. The Morgan fingerprint density at radius 2 is 1.96 bits per heavy atom. The fourth-order valence-electron chi connectivity index (χ4n) is 2.80. The highest BCUT2D eigenvalue weighted by Crippen LogP contribution is 2.18. The highest BCUT2D eigenvalue weighted by atomic mass is 19.1. The molecule has 2 rings (SSSR count). The van der Waals surface area contributed by atoms with Crippen molar-refractivity contribution in [1.29, 1.82) is 0 Å². The first-order valence-electron chi connectivity index (χ1n) is 8.54. The second kappa shape index (κ2) is 9.17. The number of hydrogen-bond acceptors (Lipinski definition) is 5. The third kappa shape index (κ3) is 5.30. The molecule has 3 unspecified atom stereocenters. The van der Waals surface area contributed by atoms with Crippen molar-refractivity contribution in [3.8, 4) is 0 Å². The van der Waals surface area contributed by atoms with Crippen molar-refractivity contribution in [2.45, 2.75) is 38.0 Å². The molecule has 9 nitrogen and oxygen atoms in total. The van der Waals surface area contributed by atoms with Crippen LogP contribution in [0.15, 0.2) is 24.3 Å². The van der Waals surface area contributed by atoms with Crippen molar-refractivity contribution in [2.24, 2.45) is 5.73 Å². The molecule has 1 aromatic carbocycles. The summed E-state index contributed by atoms with van der Waals surface area (Å²) in [5.41, 5.74) is 11.0. The van der Waals surface area contributed by atoms with E-state index in [0.717, 1.165) is 0 Å². The number of urea groups is 1. The van der Waals surface area contributed by atoms with Gasteiger partial charge in [-0.2, -0.15) is 0 Å². The second-order valence-electron chi connectivity index (χ2n) is 6.24. The van der Waals surface area contributed by atoms with E-state index in [-0.39, 0.29) is 5.82 Å².